The Morgan fingerprint density at radius 3 is 2.23 bits per heavy atom. The van der Waals surface area contributed by atoms with Crippen LogP contribution in [0.15, 0.2) is 54.6 Å². The van der Waals surface area contributed by atoms with Crippen molar-refractivity contribution in [2.75, 3.05) is 12.0 Å². The Morgan fingerprint density at radius 2 is 1.65 bits per heavy atom. The summed E-state index contributed by atoms with van der Waals surface area (Å²) in [6.45, 7) is 1.96. The van der Waals surface area contributed by atoms with Gasteiger partial charge in [-0.2, -0.15) is 0 Å². The number of methoxy groups -OCH3 is 1. The van der Waals surface area contributed by atoms with Crippen LogP contribution >= 0.6 is 0 Å². The SMILES string of the molecule is COc1ccc(N(C(=O)C(C)c2ccccc2)C2CCC(O)CC2)cc1. The van der Waals surface area contributed by atoms with Gasteiger partial charge >= 0.3 is 0 Å². The molecule has 1 fully saturated rings. The minimum Gasteiger partial charge on any atom is -0.497 e. The highest BCUT2D eigenvalue weighted by atomic mass is 16.5. The molecule has 26 heavy (non-hydrogen) atoms. The lowest BCUT2D eigenvalue weighted by Crippen LogP contribution is -2.45. The molecular weight excluding hydrogens is 326 g/mol. The lowest BCUT2D eigenvalue weighted by atomic mass is 9.90. The second kappa shape index (κ2) is 8.37. The van der Waals surface area contributed by atoms with Gasteiger partial charge in [-0.15, -0.1) is 0 Å². The Bertz CT molecular complexity index is 706. The van der Waals surface area contributed by atoms with Crippen molar-refractivity contribution in [1.29, 1.82) is 0 Å². The van der Waals surface area contributed by atoms with Gasteiger partial charge in [0.05, 0.1) is 19.1 Å². The van der Waals surface area contributed by atoms with E-state index in [-0.39, 0.29) is 24.0 Å². The number of aliphatic hydroxyl groups excluding tert-OH is 1. The molecule has 1 saturated carbocycles. The lowest BCUT2D eigenvalue weighted by Gasteiger charge is -2.37. The quantitative estimate of drug-likeness (QED) is 0.879. The molecule has 1 aliphatic carbocycles. The maximum Gasteiger partial charge on any atom is 0.234 e. The monoisotopic (exact) mass is 353 g/mol. The third-order valence-corrected chi connectivity index (χ3v) is 5.29. The Kier molecular flexibility index (Phi) is 5.94. The molecule has 4 nitrogen and oxygen atoms in total. The van der Waals surface area contributed by atoms with Gasteiger partial charge in [-0.3, -0.25) is 4.79 Å². The van der Waals surface area contributed by atoms with E-state index in [4.69, 9.17) is 4.74 Å². The van der Waals surface area contributed by atoms with Crippen LogP contribution in [0.2, 0.25) is 0 Å². The summed E-state index contributed by atoms with van der Waals surface area (Å²) in [5.41, 5.74) is 1.91. The fraction of sp³-hybridized carbons (Fsp3) is 0.409. The van der Waals surface area contributed by atoms with Crippen molar-refractivity contribution < 1.29 is 14.6 Å². The van der Waals surface area contributed by atoms with E-state index in [1.165, 1.54) is 0 Å². The molecule has 3 rings (SSSR count). The summed E-state index contributed by atoms with van der Waals surface area (Å²) in [4.78, 5) is 15.3. The van der Waals surface area contributed by atoms with Crippen LogP contribution in [-0.4, -0.2) is 30.3 Å². The van der Waals surface area contributed by atoms with E-state index in [1.54, 1.807) is 7.11 Å². The number of hydrogen-bond acceptors (Lipinski definition) is 3. The normalized spacial score (nSPS) is 21.0. The first-order chi connectivity index (χ1) is 12.6. The van der Waals surface area contributed by atoms with Crippen LogP contribution in [-0.2, 0) is 4.79 Å². The van der Waals surface area contributed by atoms with Crippen molar-refractivity contribution in [1.82, 2.24) is 0 Å². The average Bonchev–Trinajstić information content (AvgIpc) is 2.70. The second-order valence-corrected chi connectivity index (χ2v) is 7.00. The molecule has 4 heteroatoms. The summed E-state index contributed by atoms with van der Waals surface area (Å²) >= 11 is 0. The van der Waals surface area contributed by atoms with Crippen molar-refractivity contribution in [3.05, 3.63) is 60.2 Å². The van der Waals surface area contributed by atoms with E-state index in [2.05, 4.69) is 0 Å². The number of rotatable bonds is 5. The Labute approximate surface area is 155 Å². The van der Waals surface area contributed by atoms with Gasteiger partial charge in [-0.05, 0) is 62.4 Å². The number of benzene rings is 2. The van der Waals surface area contributed by atoms with Crippen molar-refractivity contribution in [2.45, 2.75) is 50.7 Å². The van der Waals surface area contributed by atoms with Crippen LogP contribution < -0.4 is 9.64 Å². The minimum absolute atomic E-state index is 0.0998. The van der Waals surface area contributed by atoms with E-state index < -0.39 is 0 Å². The lowest BCUT2D eigenvalue weighted by molar-refractivity contribution is -0.120. The van der Waals surface area contributed by atoms with Gasteiger partial charge in [0.2, 0.25) is 5.91 Å². The maximum atomic E-state index is 13.4. The third-order valence-electron chi connectivity index (χ3n) is 5.29. The highest BCUT2D eigenvalue weighted by molar-refractivity contribution is 5.98. The number of nitrogens with zero attached hydrogens (tertiary/aromatic N) is 1. The highest BCUT2D eigenvalue weighted by Crippen LogP contribution is 2.32. The highest BCUT2D eigenvalue weighted by Gasteiger charge is 2.32. The van der Waals surface area contributed by atoms with E-state index in [0.29, 0.717) is 0 Å². The fourth-order valence-corrected chi connectivity index (χ4v) is 3.67. The number of aliphatic hydroxyl groups is 1. The molecule has 0 radical (unpaired) electrons. The van der Waals surface area contributed by atoms with Crippen molar-refractivity contribution in [3.63, 3.8) is 0 Å². The van der Waals surface area contributed by atoms with Gasteiger partial charge in [-0.25, -0.2) is 0 Å². The minimum atomic E-state index is -0.245. The van der Waals surface area contributed by atoms with Gasteiger partial charge in [-0.1, -0.05) is 30.3 Å². The summed E-state index contributed by atoms with van der Waals surface area (Å²) in [6.07, 6.45) is 2.88. The number of ether oxygens (including phenoxy) is 1. The summed E-state index contributed by atoms with van der Waals surface area (Å²) in [5, 5.41) is 9.85. The molecule has 0 saturated heterocycles. The average molecular weight is 353 g/mol. The molecule has 0 aliphatic heterocycles. The maximum absolute atomic E-state index is 13.4. The Balaban J connectivity index is 1.89. The predicted octanol–water partition coefficient (Wildman–Crippen LogP) is 4.14. The van der Waals surface area contributed by atoms with Crippen LogP contribution in [0.5, 0.6) is 5.75 Å². The molecule has 138 valence electrons. The molecule has 1 unspecified atom stereocenters. The van der Waals surface area contributed by atoms with Gasteiger partial charge in [0.1, 0.15) is 5.75 Å². The first-order valence-electron chi connectivity index (χ1n) is 9.30. The smallest absolute Gasteiger partial charge is 0.234 e. The molecule has 0 aromatic heterocycles. The van der Waals surface area contributed by atoms with Crippen molar-refractivity contribution in [3.8, 4) is 5.75 Å². The standard InChI is InChI=1S/C22H27NO3/c1-16(17-6-4-3-5-7-17)22(25)23(18-8-12-20(24)13-9-18)19-10-14-21(26-2)15-11-19/h3-7,10-11,14-16,18,20,24H,8-9,12-13H2,1-2H3. The molecule has 0 heterocycles. The first kappa shape index (κ1) is 18.5. The Hall–Kier alpha value is -2.33. The zero-order valence-corrected chi connectivity index (χ0v) is 15.5. The van der Waals surface area contributed by atoms with E-state index >= 15 is 0 Å². The molecule has 1 N–H and O–H groups in total. The van der Waals surface area contributed by atoms with Crippen LogP contribution in [0.1, 0.15) is 44.1 Å². The first-order valence-corrected chi connectivity index (χ1v) is 9.30. The van der Waals surface area contributed by atoms with Crippen LogP contribution in [0.4, 0.5) is 5.69 Å². The molecular formula is C22H27NO3. The summed E-state index contributed by atoms with van der Waals surface area (Å²) in [5.74, 6) is 0.657. The summed E-state index contributed by atoms with van der Waals surface area (Å²) in [7, 11) is 1.64. The zero-order chi connectivity index (χ0) is 18.5. The number of carbonyl (C=O) groups excluding carboxylic acids is 1. The van der Waals surface area contributed by atoms with Gasteiger partial charge < -0.3 is 14.7 Å². The molecule has 2 aromatic rings. The summed E-state index contributed by atoms with van der Waals surface area (Å²) < 4.78 is 5.25. The van der Waals surface area contributed by atoms with E-state index in [9.17, 15) is 9.90 Å². The summed E-state index contributed by atoms with van der Waals surface area (Å²) in [6, 6.07) is 17.7. The molecule has 0 bridgehead atoms. The fourth-order valence-electron chi connectivity index (χ4n) is 3.67. The van der Waals surface area contributed by atoms with Crippen molar-refractivity contribution >= 4 is 11.6 Å². The van der Waals surface area contributed by atoms with E-state index in [0.717, 1.165) is 42.7 Å². The van der Waals surface area contributed by atoms with Crippen molar-refractivity contribution in [2.24, 2.45) is 0 Å². The zero-order valence-electron chi connectivity index (χ0n) is 15.5. The number of hydrogen-bond donors (Lipinski definition) is 1. The molecule has 1 atom stereocenters. The van der Waals surface area contributed by atoms with Crippen LogP contribution in [0.3, 0.4) is 0 Å². The third kappa shape index (κ3) is 4.07. The van der Waals surface area contributed by atoms with Crippen LogP contribution in [0.25, 0.3) is 0 Å². The van der Waals surface area contributed by atoms with E-state index in [1.807, 2.05) is 66.4 Å². The number of anilines is 1. The number of amides is 1. The molecule has 0 spiro atoms. The predicted molar refractivity (Wildman–Crippen MR) is 104 cm³/mol. The largest absolute Gasteiger partial charge is 0.497 e. The van der Waals surface area contributed by atoms with Gasteiger partial charge in [0, 0.05) is 11.7 Å². The second-order valence-electron chi connectivity index (χ2n) is 7.00. The Morgan fingerprint density at radius 1 is 1.04 bits per heavy atom. The van der Waals surface area contributed by atoms with Gasteiger partial charge in [0.15, 0.2) is 0 Å². The number of carbonyl (C=O) groups is 1. The van der Waals surface area contributed by atoms with Crippen LogP contribution in [0, 0.1) is 0 Å². The molecule has 2 aromatic carbocycles. The van der Waals surface area contributed by atoms with Gasteiger partial charge in [0.25, 0.3) is 0 Å². The molecule has 1 amide bonds. The molecule has 1 aliphatic rings. The topological polar surface area (TPSA) is 49.8 Å².